The predicted octanol–water partition coefficient (Wildman–Crippen LogP) is 4.31. The third-order valence-electron chi connectivity index (χ3n) is 3.47. The van der Waals surface area contributed by atoms with Gasteiger partial charge >= 0.3 is 6.03 Å². The summed E-state index contributed by atoms with van der Waals surface area (Å²) in [7, 11) is 0. The molecule has 0 aliphatic heterocycles. The topological polar surface area (TPSA) is 99.9 Å². The first-order chi connectivity index (χ1) is 12.6. The Morgan fingerprint density at radius 3 is 2.88 bits per heavy atom. The van der Waals surface area contributed by atoms with Crippen molar-refractivity contribution in [2.75, 3.05) is 17.2 Å². The van der Waals surface area contributed by atoms with Crippen LogP contribution in [0.15, 0.2) is 47.2 Å². The number of pyridine rings is 2. The number of aromatic nitrogens is 2. The van der Waals surface area contributed by atoms with E-state index in [1.165, 1.54) is 0 Å². The van der Waals surface area contributed by atoms with Crippen LogP contribution in [0.2, 0.25) is 0 Å². The summed E-state index contributed by atoms with van der Waals surface area (Å²) in [5.41, 5.74) is 1.37. The molecule has 2 amide bonds. The zero-order chi connectivity index (χ0) is 18.5. The molecule has 0 atom stereocenters. The quantitative estimate of drug-likeness (QED) is 0.665. The molecule has 0 aliphatic carbocycles. The first-order valence-electron chi connectivity index (χ1n) is 7.76. The van der Waals surface area contributed by atoms with Gasteiger partial charge in [0.2, 0.25) is 0 Å². The standard InChI is InChI=1S/C18H14BrN5O2/c1-2-26-15-6-4-3-5-14(15)22-18(25)24-17-11(8-20)7-12-9-21-10-13(19)16(12)23-17/h3-7,9-10H,2H2,1H3,(H2,22,23,24,25). The van der Waals surface area contributed by atoms with Gasteiger partial charge in [0.1, 0.15) is 11.8 Å². The first-order valence-corrected chi connectivity index (χ1v) is 8.56. The van der Waals surface area contributed by atoms with Gasteiger partial charge in [0, 0.05) is 17.8 Å². The summed E-state index contributed by atoms with van der Waals surface area (Å²) in [4.78, 5) is 20.8. The largest absolute Gasteiger partial charge is 0.492 e. The van der Waals surface area contributed by atoms with Gasteiger partial charge in [-0.15, -0.1) is 0 Å². The summed E-state index contributed by atoms with van der Waals surface area (Å²) in [5.74, 6) is 0.726. The highest BCUT2D eigenvalue weighted by molar-refractivity contribution is 9.10. The Kier molecular flexibility index (Phi) is 5.29. The van der Waals surface area contributed by atoms with Crippen molar-refractivity contribution < 1.29 is 9.53 Å². The molecular formula is C18H14BrN5O2. The third kappa shape index (κ3) is 3.73. The van der Waals surface area contributed by atoms with E-state index in [1.54, 1.807) is 36.7 Å². The van der Waals surface area contributed by atoms with Crippen molar-refractivity contribution in [2.24, 2.45) is 0 Å². The van der Waals surface area contributed by atoms with Crippen LogP contribution in [-0.2, 0) is 0 Å². The molecule has 26 heavy (non-hydrogen) atoms. The van der Waals surface area contributed by atoms with Crippen molar-refractivity contribution in [1.29, 1.82) is 5.26 Å². The van der Waals surface area contributed by atoms with Crippen molar-refractivity contribution in [3.63, 3.8) is 0 Å². The van der Waals surface area contributed by atoms with Gasteiger partial charge in [-0.2, -0.15) is 5.26 Å². The van der Waals surface area contributed by atoms with Gasteiger partial charge in [-0.25, -0.2) is 9.78 Å². The zero-order valence-corrected chi connectivity index (χ0v) is 15.4. The number of nitrogens with one attached hydrogen (secondary N) is 2. The molecule has 2 N–H and O–H groups in total. The van der Waals surface area contributed by atoms with E-state index in [9.17, 15) is 10.1 Å². The lowest BCUT2D eigenvalue weighted by Gasteiger charge is -2.12. The molecule has 3 rings (SSSR count). The smallest absolute Gasteiger partial charge is 0.324 e. The maximum atomic E-state index is 12.4. The van der Waals surface area contributed by atoms with Crippen molar-refractivity contribution >= 4 is 44.4 Å². The summed E-state index contributed by atoms with van der Waals surface area (Å²) in [6.45, 7) is 2.34. The molecule has 0 aliphatic rings. The van der Waals surface area contributed by atoms with Gasteiger partial charge in [0.05, 0.1) is 27.8 Å². The second kappa shape index (κ2) is 7.80. The van der Waals surface area contributed by atoms with Gasteiger partial charge in [-0.3, -0.25) is 10.3 Å². The fourth-order valence-corrected chi connectivity index (χ4v) is 2.79. The van der Waals surface area contributed by atoms with Crippen LogP contribution in [-0.4, -0.2) is 22.6 Å². The van der Waals surface area contributed by atoms with Crippen molar-refractivity contribution in [3.8, 4) is 11.8 Å². The Morgan fingerprint density at radius 1 is 1.31 bits per heavy atom. The molecule has 0 bridgehead atoms. The number of para-hydroxylation sites is 2. The number of rotatable bonds is 4. The highest BCUT2D eigenvalue weighted by Crippen LogP contribution is 2.26. The molecule has 7 nitrogen and oxygen atoms in total. The minimum atomic E-state index is -0.523. The lowest BCUT2D eigenvalue weighted by molar-refractivity contribution is 0.262. The number of hydrogen-bond acceptors (Lipinski definition) is 5. The maximum absolute atomic E-state index is 12.4. The average Bonchev–Trinajstić information content (AvgIpc) is 2.64. The predicted molar refractivity (Wildman–Crippen MR) is 102 cm³/mol. The summed E-state index contributed by atoms with van der Waals surface area (Å²) in [5, 5.41) is 15.4. The number of nitrogens with zero attached hydrogens (tertiary/aromatic N) is 3. The van der Waals surface area contributed by atoms with E-state index in [0.29, 0.717) is 33.4 Å². The van der Waals surface area contributed by atoms with Crippen LogP contribution < -0.4 is 15.4 Å². The lowest BCUT2D eigenvalue weighted by atomic mass is 10.2. The third-order valence-corrected chi connectivity index (χ3v) is 4.05. The Bertz CT molecular complexity index is 1020. The molecular weight excluding hydrogens is 398 g/mol. The number of anilines is 2. The van der Waals surface area contributed by atoms with Crippen LogP contribution in [0.25, 0.3) is 10.9 Å². The summed E-state index contributed by atoms with van der Waals surface area (Å²) >= 11 is 3.37. The second-order valence-electron chi connectivity index (χ2n) is 5.20. The van der Waals surface area contributed by atoms with Gasteiger partial charge in [0.25, 0.3) is 0 Å². The van der Waals surface area contributed by atoms with E-state index < -0.39 is 6.03 Å². The van der Waals surface area contributed by atoms with Gasteiger partial charge < -0.3 is 10.1 Å². The molecule has 8 heteroatoms. The Labute approximate surface area is 158 Å². The first kappa shape index (κ1) is 17.6. The van der Waals surface area contributed by atoms with Crippen LogP contribution in [0.1, 0.15) is 12.5 Å². The molecule has 130 valence electrons. The van der Waals surface area contributed by atoms with Crippen LogP contribution >= 0.6 is 15.9 Å². The fourth-order valence-electron chi connectivity index (χ4n) is 2.36. The minimum absolute atomic E-state index is 0.165. The van der Waals surface area contributed by atoms with Crippen molar-refractivity contribution in [3.05, 3.63) is 52.8 Å². The number of halogens is 1. The molecule has 3 aromatic rings. The minimum Gasteiger partial charge on any atom is -0.492 e. The number of urea groups is 1. The van der Waals surface area contributed by atoms with Gasteiger partial charge in [0.15, 0.2) is 5.82 Å². The Morgan fingerprint density at radius 2 is 2.12 bits per heavy atom. The van der Waals surface area contributed by atoms with Gasteiger partial charge in [-0.05, 0) is 41.1 Å². The van der Waals surface area contributed by atoms with Crippen LogP contribution in [0, 0.1) is 11.3 Å². The number of carbonyl (C=O) groups is 1. The van der Waals surface area contributed by atoms with E-state index in [0.717, 1.165) is 0 Å². The summed E-state index contributed by atoms with van der Waals surface area (Å²) in [6.07, 6.45) is 3.21. The number of ether oxygens (including phenoxy) is 1. The second-order valence-corrected chi connectivity index (χ2v) is 6.05. The number of carbonyl (C=O) groups excluding carboxylic acids is 1. The highest BCUT2D eigenvalue weighted by Gasteiger charge is 2.13. The molecule has 0 saturated heterocycles. The molecule has 2 aromatic heterocycles. The Balaban J connectivity index is 1.88. The number of amides is 2. The van der Waals surface area contributed by atoms with E-state index >= 15 is 0 Å². The van der Waals surface area contributed by atoms with Crippen molar-refractivity contribution in [1.82, 2.24) is 9.97 Å². The average molecular weight is 412 g/mol. The normalized spacial score (nSPS) is 10.2. The van der Waals surface area contributed by atoms with Gasteiger partial charge in [-0.1, -0.05) is 12.1 Å². The van der Waals surface area contributed by atoms with Crippen LogP contribution in [0.4, 0.5) is 16.3 Å². The summed E-state index contributed by atoms with van der Waals surface area (Å²) in [6, 6.07) is 10.2. The number of fused-ring (bicyclic) bond motifs is 1. The van der Waals surface area contributed by atoms with Crippen molar-refractivity contribution in [2.45, 2.75) is 6.92 Å². The number of hydrogen-bond donors (Lipinski definition) is 2. The van der Waals surface area contributed by atoms with Crippen LogP contribution in [0.3, 0.4) is 0 Å². The molecule has 0 fully saturated rings. The molecule has 2 heterocycles. The highest BCUT2D eigenvalue weighted by atomic mass is 79.9. The molecule has 0 saturated carbocycles. The number of benzene rings is 1. The fraction of sp³-hybridized carbons (Fsp3) is 0.111. The van der Waals surface area contributed by atoms with E-state index in [1.807, 2.05) is 19.1 Å². The van der Waals surface area contributed by atoms with E-state index in [-0.39, 0.29) is 11.4 Å². The van der Waals surface area contributed by atoms with E-state index in [2.05, 4.69) is 36.5 Å². The molecule has 0 spiro atoms. The zero-order valence-electron chi connectivity index (χ0n) is 13.8. The molecule has 0 radical (unpaired) electrons. The Hall–Kier alpha value is -3.18. The molecule has 0 unspecified atom stereocenters. The monoisotopic (exact) mass is 411 g/mol. The molecule has 1 aromatic carbocycles. The summed E-state index contributed by atoms with van der Waals surface area (Å²) < 4.78 is 6.15. The SMILES string of the molecule is CCOc1ccccc1NC(=O)Nc1nc2c(Br)cncc2cc1C#N. The van der Waals surface area contributed by atoms with Crippen LogP contribution in [0.5, 0.6) is 5.75 Å². The lowest BCUT2D eigenvalue weighted by Crippen LogP contribution is -2.21. The van der Waals surface area contributed by atoms with E-state index in [4.69, 9.17) is 4.74 Å². The maximum Gasteiger partial charge on any atom is 0.324 e. The number of nitriles is 1.